The van der Waals surface area contributed by atoms with Gasteiger partial charge in [-0.05, 0) is 56.7 Å². The molecule has 0 aliphatic rings. The SMILES string of the molecule is Cc1ccc(-n2nc(C)c(NC(=O)/C=C/c3cn(Cc4ccccc4)nc3-c3cccnc3)c2C)cc1. The molecule has 0 bridgehead atoms. The van der Waals surface area contributed by atoms with Crippen LogP contribution in [0.3, 0.4) is 0 Å². The first-order valence-corrected chi connectivity index (χ1v) is 12.1. The normalized spacial score (nSPS) is 11.2. The van der Waals surface area contributed by atoms with E-state index in [9.17, 15) is 4.79 Å². The molecule has 0 aliphatic carbocycles. The van der Waals surface area contributed by atoms with Crippen LogP contribution < -0.4 is 5.32 Å². The molecule has 0 fully saturated rings. The Kier molecular flexibility index (Phi) is 6.76. The predicted molar refractivity (Wildman–Crippen MR) is 146 cm³/mol. The summed E-state index contributed by atoms with van der Waals surface area (Å²) >= 11 is 0. The van der Waals surface area contributed by atoms with E-state index < -0.39 is 0 Å². The number of benzene rings is 2. The number of rotatable bonds is 7. The number of anilines is 1. The highest BCUT2D eigenvalue weighted by atomic mass is 16.1. The van der Waals surface area contributed by atoms with Crippen molar-refractivity contribution in [3.05, 3.63) is 119 Å². The first-order valence-electron chi connectivity index (χ1n) is 12.1. The molecule has 0 atom stereocenters. The van der Waals surface area contributed by atoms with Gasteiger partial charge in [-0.15, -0.1) is 0 Å². The first-order chi connectivity index (χ1) is 18.0. The highest BCUT2D eigenvalue weighted by Crippen LogP contribution is 2.25. The van der Waals surface area contributed by atoms with Crippen LogP contribution in [0.1, 0.15) is 28.1 Å². The summed E-state index contributed by atoms with van der Waals surface area (Å²) in [5.41, 5.74) is 8.11. The van der Waals surface area contributed by atoms with Gasteiger partial charge in [-0.1, -0.05) is 48.0 Å². The number of nitrogens with zero attached hydrogens (tertiary/aromatic N) is 5. The van der Waals surface area contributed by atoms with Gasteiger partial charge in [0.1, 0.15) is 5.69 Å². The molecule has 0 saturated heterocycles. The number of aryl methyl sites for hydroxylation is 2. The monoisotopic (exact) mass is 488 g/mol. The van der Waals surface area contributed by atoms with E-state index in [0.717, 1.165) is 39.5 Å². The van der Waals surface area contributed by atoms with Crippen LogP contribution >= 0.6 is 0 Å². The molecule has 5 aromatic rings. The molecule has 2 aromatic carbocycles. The van der Waals surface area contributed by atoms with Crippen LogP contribution in [-0.2, 0) is 11.3 Å². The van der Waals surface area contributed by atoms with Gasteiger partial charge in [0.25, 0.3) is 0 Å². The van der Waals surface area contributed by atoms with Gasteiger partial charge in [-0.25, -0.2) is 4.68 Å². The molecule has 0 aliphatic heterocycles. The Balaban J connectivity index is 1.39. The van der Waals surface area contributed by atoms with E-state index in [-0.39, 0.29) is 5.91 Å². The lowest BCUT2D eigenvalue weighted by Gasteiger charge is -2.06. The smallest absolute Gasteiger partial charge is 0.248 e. The molecule has 1 amide bonds. The zero-order valence-electron chi connectivity index (χ0n) is 21.1. The summed E-state index contributed by atoms with van der Waals surface area (Å²) in [5, 5.41) is 12.4. The molecule has 0 radical (unpaired) electrons. The second kappa shape index (κ2) is 10.5. The van der Waals surface area contributed by atoms with Crippen molar-refractivity contribution in [3.63, 3.8) is 0 Å². The molecule has 3 aromatic heterocycles. The summed E-state index contributed by atoms with van der Waals surface area (Å²) in [6.07, 6.45) is 8.78. The average molecular weight is 489 g/mol. The van der Waals surface area contributed by atoms with Crippen molar-refractivity contribution in [1.82, 2.24) is 24.5 Å². The third-order valence-electron chi connectivity index (χ3n) is 6.14. The lowest BCUT2D eigenvalue weighted by Crippen LogP contribution is -2.09. The van der Waals surface area contributed by atoms with E-state index in [2.05, 4.69) is 27.5 Å². The summed E-state index contributed by atoms with van der Waals surface area (Å²) in [4.78, 5) is 17.2. The van der Waals surface area contributed by atoms with Crippen LogP contribution in [0.25, 0.3) is 23.0 Å². The van der Waals surface area contributed by atoms with Crippen LogP contribution in [-0.4, -0.2) is 30.5 Å². The van der Waals surface area contributed by atoms with E-state index >= 15 is 0 Å². The standard InChI is InChI=1S/C30H28N6O/c1-21-11-14-27(15-12-21)36-23(3)29(22(2)33-36)32-28(37)16-13-26-20-35(19-24-8-5-4-6-9-24)34-30(26)25-10-7-17-31-18-25/h4-18,20H,19H2,1-3H3,(H,32,37)/b16-13+. The number of nitrogens with one attached hydrogen (secondary N) is 1. The number of pyridine rings is 1. The minimum absolute atomic E-state index is 0.234. The molecule has 184 valence electrons. The lowest BCUT2D eigenvalue weighted by molar-refractivity contribution is -0.111. The van der Waals surface area contributed by atoms with Gasteiger partial charge in [-0.2, -0.15) is 10.2 Å². The fourth-order valence-electron chi connectivity index (χ4n) is 4.23. The van der Waals surface area contributed by atoms with Gasteiger partial charge >= 0.3 is 0 Å². The molecule has 0 unspecified atom stereocenters. The van der Waals surface area contributed by atoms with Crippen molar-refractivity contribution in [1.29, 1.82) is 0 Å². The van der Waals surface area contributed by atoms with Crippen LogP contribution in [0.15, 0.2) is 91.4 Å². The summed E-state index contributed by atoms with van der Waals surface area (Å²) in [6.45, 7) is 6.53. The zero-order valence-corrected chi connectivity index (χ0v) is 21.1. The third-order valence-corrected chi connectivity index (χ3v) is 6.14. The largest absolute Gasteiger partial charge is 0.319 e. The van der Waals surface area contributed by atoms with Gasteiger partial charge in [-0.3, -0.25) is 14.5 Å². The maximum atomic E-state index is 13.0. The summed E-state index contributed by atoms with van der Waals surface area (Å²) in [6, 6.07) is 22.1. The van der Waals surface area contributed by atoms with Gasteiger partial charge in [0.05, 0.1) is 29.3 Å². The third kappa shape index (κ3) is 5.41. The van der Waals surface area contributed by atoms with Crippen molar-refractivity contribution in [3.8, 4) is 16.9 Å². The summed E-state index contributed by atoms with van der Waals surface area (Å²) in [5.74, 6) is -0.234. The molecule has 0 spiro atoms. The maximum absolute atomic E-state index is 13.0. The number of hydrogen-bond acceptors (Lipinski definition) is 4. The number of hydrogen-bond donors (Lipinski definition) is 1. The second-order valence-corrected chi connectivity index (χ2v) is 8.97. The molecule has 5 rings (SSSR count). The van der Waals surface area contributed by atoms with Crippen LogP contribution in [0.4, 0.5) is 5.69 Å². The first kappa shape index (κ1) is 23.9. The van der Waals surface area contributed by atoms with Crippen molar-refractivity contribution in [2.24, 2.45) is 0 Å². The van der Waals surface area contributed by atoms with Crippen LogP contribution in [0.5, 0.6) is 0 Å². The Bertz CT molecular complexity index is 1550. The highest BCUT2D eigenvalue weighted by molar-refractivity contribution is 6.03. The molecule has 0 saturated carbocycles. The molecule has 3 heterocycles. The van der Waals surface area contributed by atoms with Crippen molar-refractivity contribution >= 4 is 17.7 Å². The molecule has 1 N–H and O–H groups in total. The molecule has 37 heavy (non-hydrogen) atoms. The average Bonchev–Trinajstić information content (AvgIpc) is 3.44. The Morgan fingerprint density at radius 2 is 1.73 bits per heavy atom. The number of amides is 1. The summed E-state index contributed by atoms with van der Waals surface area (Å²) < 4.78 is 3.73. The van der Waals surface area contributed by atoms with E-state index in [1.54, 1.807) is 18.5 Å². The van der Waals surface area contributed by atoms with Gasteiger partial charge in [0.2, 0.25) is 5.91 Å². The topological polar surface area (TPSA) is 77.6 Å². The van der Waals surface area contributed by atoms with Gasteiger partial charge in [0.15, 0.2) is 0 Å². The zero-order chi connectivity index (χ0) is 25.8. The molecule has 7 nitrogen and oxygen atoms in total. The molecular weight excluding hydrogens is 460 g/mol. The van der Waals surface area contributed by atoms with E-state index in [1.807, 2.05) is 90.9 Å². The fourth-order valence-corrected chi connectivity index (χ4v) is 4.23. The highest BCUT2D eigenvalue weighted by Gasteiger charge is 2.15. The van der Waals surface area contributed by atoms with Crippen LogP contribution in [0, 0.1) is 20.8 Å². The minimum atomic E-state index is -0.234. The molecular formula is C30H28N6O. The van der Waals surface area contributed by atoms with Crippen molar-refractivity contribution in [2.45, 2.75) is 27.3 Å². The van der Waals surface area contributed by atoms with E-state index in [0.29, 0.717) is 12.2 Å². The Morgan fingerprint density at radius 3 is 2.46 bits per heavy atom. The van der Waals surface area contributed by atoms with E-state index in [1.165, 1.54) is 11.6 Å². The lowest BCUT2D eigenvalue weighted by atomic mass is 10.1. The molecule has 7 heteroatoms. The number of carbonyl (C=O) groups is 1. The summed E-state index contributed by atoms with van der Waals surface area (Å²) in [7, 11) is 0. The van der Waals surface area contributed by atoms with E-state index in [4.69, 9.17) is 5.10 Å². The Hall–Kier alpha value is -4.78. The number of aromatic nitrogens is 5. The minimum Gasteiger partial charge on any atom is -0.319 e. The van der Waals surface area contributed by atoms with Crippen molar-refractivity contribution < 1.29 is 4.79 Å². The second-order valence-electron chi connectivity index (χ2n) is 8.97. The van der Waals surface area contributed by atoms with Gasteiger partial charge < -0.3 is 5.32 Å². The quantitative estimate of drug-likeness (QED) is 0.296. The van der Waals surface area contributed by atoms with Gasteiger partial charge in [0, 0.05) is 35.8 Å². The predicted octanol–water partition coefficient (Wildman–Crippen LogP) is 5.76. The number of carbonyl (C=O) groups excluding carboxylic acids is 1. The Labute approximate surface area is 216 Å². The Morgan fingerprint density at radius 1 is 0.946 bits per heavy atom. The van der Waals surface area contributed by atoms with Crippen LogP contribution in [0.2, 0.25) is 0 Å². The maximum Gasteiger partial charge on any atom is 0.248 e. The fraction of sp³-hybridized carbons (Fsp3) is 0.133. The van der Waals surface area contributed by atoms with Crippen molar-refractivity contribution in [2.75, 3.05) is 5.32 Å².